The van der Waals surface area contributed by atoms with Gasteiger partial charge in [-0.1, -0.05) is 32.4 Å². The van der Waals surface area contributed by atoms with Gasteiger partial charge in [-0.2, -0.15) is 5.10 Å². The molecule has 0 spiro atoms. The number of aryl methyl sites for hydroxylation is 1. The van der Waals surface area contributed by atoms with E-state index in [-0.39, 0.29) is 16.3 Å². The molecule has 4 rings (SSSR count). The summed E-state index contributed by atoms with van der Waals surface area (Å²) in [5, 5.41) is 13.5. The Morgan fingerprint density at radius 3 is 2.39 bits per heavy atom. The molecule has 0 aliphatic heterocycles. The fraction of sp³-hybridized carbons (Fsp3) is 0.259. The minimum Gasteiger partial charge on any atom is -0.496 e. The molecule has 10 nitrogen and oxygen atoms in total. The maximum atomic E-state index is 12.6. The smallest absolute Gasteiger partial charge is 0.324 e. The van der Waals surface area contributed by atoms with Crippen LogP contribution in [-0.4, -0.2) is 40.9 Å². The van der Waals surface area contributed by atoms with Crippen molar-refractivity contribution >= 4 is 45.9 Å². The van der Waals surface area contributed by atoms with Crippen LogP contribution in [0.1, 0.15) is 36.8 Å². The van der Waals surface area contributed by atoms with E-state index in [0.29, 0.717) is 45.2 Å². The van der Waals surface area contributed by atoms with E-state index >= 15 is 0 Å². The largest absolute Gasteiger partial charge is 0.496 e. The van der Waals surface area contributed by atoms with Crippen molar-refractivity contribution in [2.24, 2.45) is 7.05 Å². The van der Waals surface area contributed by atoms with Crippen LogP contribution in [-0.2, 0) is 12.5 Å². The van der Waals surface area contributed by atoms with Crippen molar-refractivity contribution in [3.05, 3.63) is 64.9 Å². The second-order valence-corrected chi connectivity index (χ2v) is 9.98. The predicted molar refractivity (Wildman–Crippen MR) is 148 cm³/mol. The number of carbonyl (C=O) groups is 2. The SMILES string of the molecule is CNC(=O)c1cc2c(Oc3ccc(NC(=O)Nc4cc(C(C)(C)C)nn4C)cc3Cl)ccnc2cc1OC. The van der Waals surface area contributed by atoms with Gasteiger partial charge in [-0.15, -0.1) is 0 Å². The molecule has 0 unspecified atom stereocenters. The molecule has 11 heteroatoms. The van der Waals surface area contributed by atoms with Gasteiger partial charge >= 0.3 is 6.03 Å². The van der Waals surface area contributed by atoms with Crippen LogP contribution in [0.5, 0.6) is 17.2 Å². The second-order valence-electron chi connectivity index (χ2n) is 9.57. The summed E-state index contributed by atoms with van der Waals surface area (Å²) in [6.07, 6.45) is 1.59. The average Bonchev–Trinajstić information content (AvgIpc) is 3.24. The third kappa shape index (κ3) is 5.65. The number of nitrogens with zero attached hydrogens (tertiary/aromatic N) is 3. The first-order valence-electron chi connectivity index (χ1n) is 11.8. The number of rotatable bonds is 6. The Morgan fingerprint density at radius 1 is 1.00 bits per heavy atom. The van der Waals surface area contributed by atoms with Crippen LogP contribution in [0.4, 0.5) is 16.3 Å². The number of nitrogens with one attached hydrogen (secondary N) is 3. The van der Waals surface area contributed by atoms with E-state index in [1.54, 1.807) is 61.4 Å². The first kappa shape index (κ1) is 26.7. The molecule has 4 aromatic rings. The monoisotopic (exact) mass is 536 g/mol. The number of urea groups is 1. The van der Waals surface area contributed by atoms with Crippen LogP contribution in [0, 0.1) is 0 Å². The summed E-state index contributed by atoms with van der Waals surface area (Å²) in [5.74, 6) is 1.48. The van der Waals surface area contributed by atoms with Gasteiger partial charge in [0.1, 0.15) is 23.1 Å². The van der Waals surface area contributed by atoms with Crippen molar-refractivity contribution in [2.75, 3.05) is 24.8 Å². The van der Waals surface area contributed by atoms with E-state index in [1.807, 2.05) is 6.07 Å². The highest BCUT2D eigenvalue weighted by atomic mass is 35.5. The van der Waals surface area contributed by atoms with E-state index in [0.717, 1.165) is 5.69 Å². The van der Waals surface area contributed by atoms with Gasteiger partial charge in [-0.3, -0.25) is 19.8 Å². The fourth-order valence-corrected chi connectivity index (χ4v) is 3.95. The van der Waals surface area contributed by atoms with Crippen molar-refractivity contribution in [2.45, 2.75) is 26.2 Å². The normalized spacial score (nSPS) is 11.2. The first-order valence-corrected chi connectivity index (χ1v) is 12.2. The lowest BCUT2D eigenvalue weighted by molar-refractivity contribution is 0.0960. The molecule has 0 fully saturated rings. The quantitative estimate of drug-likeness (QED) is 0.290. The molecule has 0 saturated heterocycles. The number of benzene rings is 2. The number of methoxy groups -OCH3 is 1. The third-order valence-corrected chi connectivity index (χ3v) is 6.09. The number of hydrogen-bond acceptors (Lipinski definition) is 6. The number of anilines is 2. The summed E-state index contributed by atoms with van der Waals surface area (Å²) < 4.78 is 13.1. The second kappa shape index (κ2) is 10.6. The predicted octanol–water partition coefficient (Wildman–Crippen LogP) is 5.72. The highest BCUT2D eigenvalue weighted by Gasteiger charge is 2.20. The Kier molecular flexibility index (Phi) is 7.45. The summed E-state index contributed by atoms with van der Waals surface area (Å²) >= 11 is 6.49. The maximum Gasteiger partial charge on any atom is 0.324 e. The number of carbonyl (C=O) groups excluding carboxylic acids is 2. The van der Waals surface area contributed by atoms with Crippen LogP contribution < -0.4 is 25.4 Å². The molecule has 0 aliphatic rings. The Labute approximate surface area is 225 Å². The van der Waals surface area contributed by atoms with Crippen LogP contribution in [0.15, 0.2) is 48.7 Å². The van der Waals surface area contributed by atoms with E-state index in [1.165, 1.54) is 7.11 Å². The van der Waals surface area contributed by atoms with Crippen molar-refractivity contribution in [3.63, 3.8) is 0 Å². The summed E-state index contributed by atoms with van der Waals surface area (Å²) in [6.45, 7) is 6.16. The van der Waals surface area contributed by atoms with Crippen LogP contribution >= 0.6 is 11.6 Å². The lowest BCUT2D eigenvalue weighted by Gasteiger charge is -2.14. The molecule has 0 radical (unpaired) electrons. The van der Waals surface area contributed by atoms with Crippen LogP contribution in [0.3, 0.4) is 0 Å². The van der Waals surface area contributed by atoms with Gasteiger partial charge in [0, 0.05) is 48.9 Å². The first-order chi connectivity index (χ1) is 18.0. The van der Waals surface area contributed by atoms with Gasteiger partial charge in [0.2, 0.25) is 0 Å². The Morgan fingerprint density at radius 2 is 1.76 bits per heavy atom. The molecule has 3 N–H and O–H groups in total. The lowest BCUT2D eigenvalue weighted by atomic mass is 9.92. The van der Waals surface area contributed by atoms with Gasteiger partial charge in [-0.25, -0.2) is 4.79 Å². The molecule has 2 heterocycles. The van der Waals surface area contributed by atoms with Gasteiger partial charge in [0.15, 0.2) is 0 Å². The average molecular weight is 537 g/mol. The highest BCUT2D eigenvalue weighted by Crippen LogP contribution is 2.36. The number of amides is 3. The molecule has 2 aromatic heterocycles. The van der Waals surface area contributed by atoms with Gasteiger partial charge in [0.05, 0.1) is 28.9 Å². The molecular formula is C27H29ClN6O4. The maximum absolute atomic E-state index is 12.6. The van der Waals surface area contributed by atoms with Crippen molar-refractivity contribution in [3.8, 4) is 17.2 Å². The molecule has 3 amide bonds. The molecule has 38 heavy (non-hydrogen) atoms. The van der Waals surface area contributed by atoms with E-state index < -0.39 is 6.03 Å². The molecule has 0 saturated carbocycles. The number of halogens is 1. The number of aromatic nitrogens is 3. The highest BCUT2D eigenvalue weighted by molar-refractivity contribution is 6.32. The van der Waals surface area contributed by atoms with Crippen LogP contribution in [0.25, 0.3) is 10.9 Å². The zero-order chi connectivity index (χ0) is 27.6. The lowest BCUT2D eigenvalue weighted by Crippen LogP contribution is -2.21. The van der Waals surface area contributed by atoms with E-state index in [9.17, 15) is 9.59 Å². The van der Waals surface area contributed by atoms with Crippen LogP contribution in [0.2, 0.25) is 5.02 Å². The van der Waals surface area contributed by atoms with E-state index in [4.69, 9.17) is 21.1 Å². The zero-order valence-electron chi connectivity index (χ0n) is 22.0. The van der Waals surface area contributed by atoms with E-state index in [2.05, 4.69) is 46.8 Å². The van der Waals surface area contributed by atoms with Crippen molar-refractivity contribution in [1.82, 2.24) is 20.1 Å². The number of hydrogen-bond donors (Lipinski definition) is 3. The molecule has 0 atom stereocenters. The molecular weight excluding hydrogens is 508 g/mol. The Balaban J connectivity index is 1.53. The molecule has 198 valence electrons. The third-order valence-electron chi connectivity index (χ3n) is 5.79. The fourth-order valence-electron chi connectivity index (χ4n) is 3.73. The van der Waals surface area contributed by atoms with Crippen molar-refractivity contribution < 1.29 is 19.1 Å². The molecule has 0 bridgehead atoms. The number of pyridine rings is 1. The van der Waals surface area contributed by atoms with Crippen molar-refractivity contribution in [1.29, 1.82) is 0 Å². The molecule has 2 aromatic carbocycles. The minimum atomic E-state index is -0.436. The summed E-state index contributed by atoms with van der Waals surface area (Å²) in [7, 11) is 4.80. The zero-order valence-corrected chi connectivity index (χ0v) is 22.7. The standard InChI is InChI=1S/C27H29ClN6O4/c1-27(2,3)23-14-24(34(5)33-23)32-26(36)31-15-7-8-21(18(28)11-15)38-20-9-10-30-19-13-22(37-6)17(12-16(19)20)25(35)29-4/h7-14H,1-6H3,(H,29,35)(H2,31,32,36). The molecule has 0 aliphatic carbocycles. The Bertz CT molecular complexity index is 1530. The van der Waals surface area contributed by atoms with Gasteiger partial charge in [-0.05, 0) is 30.3 Å². The summed E-state index contributed by atoms with van der Waals surface area (Å²) in [4.78, 5) is 29.3. The van der Waals surface area contributed by atoms with Gasteiger partial charge in [0.25, 0.3) is 5.91 Å². The summed E-state index contributed by atoms with van der Waals surface area (Å²) in [6, 6.07) is 11.3. The number of ether oxygens (including phenoxy) is 2. The topological polar surface area (TPSA) is 119 Å². The number of fused-ring (bicyclic) bond motifs is 1. The van der Waals surface area contributed by atoms with Gasteiger partial charge < -0.3 is 20.1 Å². The Hall–Kier alpha value is -4.31. The minimum absolute atomic E-state index is 0.145. The summed E-state index contributed by atoms with van der Waals surface area (Å²) in [5.41, 5.74) is 2.13.